The normalized spacial score (nSPS) is 14.4. The Morgan fingerprint density at radius 1 is 1.00 bits per heavy atom. The molecule has 216 valence electrons. The van der Waals surface area contributed by atoms with E-state index in [-0.39, 0.29) is 24.3 Å². The van der Waals surface area contributed by atoms with Crippen LogP contribution >= 0.6 is 27.3 Å². The average molecular weight is 646 g/mol. The topological polar surface area (TPSA) is 115 Å². The van der Waals surface area contributed by atoms with E-state index in [1.165, 1.54) is 29.2 Å². The Morgan fingerprint density at radius 3 is 2.41 bits per heavy atom. The first-order valence-electron chi connectivity index (χ1n) is 12.9. The molecular weight excluding hydrogens is 616 g/mol. The second kappa shape index (κ2) is 13.6. The largest absolute Gasteiger partial charge is 0.490 e. The molecule has 0 saturated heterocycles. The van der Waals surface area contributed by atoms with E-state index in [4.69, 9.17) is 23.7 Å². The van der Waals surface area contributed by atoms with E-state index in [2.05, 4.69) is 20.9 Å². The average Bonchev–Trinajstić information content (AvgIpc) is 3.27. The highest BCUT2D eigenvalue weighted by Crippen LogP contribution is 2.35. The van der Waals surface area contributed by atoms with Crippen molar-refractivity contribution in [3.8, 4) is 17.2 Å². The number of fused-ring (bicyclic) bond motifs is 1. The number of esters is 2. The van der Waals surface area contributed by atoms with Crippen molar-refractivity contribution in [3.63, 3.8) is 0 Å². The molecule has 1 aliphatic heterocycles. The van der Waals surface area contributed by atoms with Crippen molar-refractivity contribution in [1.82, 2.24) is 4.57 Å². The van der Waals surface area contributed by atoms with Crippen LogP contribution < -0.4 is 29.1 Å². The van der Waals surface area contributed by atoms with E-state index >= 15 is 0 Å². The lowest BCUT2D eigenvalue weighted by molar-refractivity contribution is -0.145. The second-order valence-electron chi connectivity index (χ2n) is 8.53. The molecule has 0 radical (unpaired) electrons. The summed E-state index contributed by atoms with van der Waals surface area (Å²) in [5.74, 6) is 0.466. The molecule has 12 heteroatoms. The zero-order valence-corrected chi connectivity index (χ0v) is 25.4. The third-order valence-electron chi connectivity index (χ3n) is 5.91. The number of carbonyl (C=O) groups is 2. The highest BCUT2D eigenvalue weighted by molar-refractivity contribution is 9.10. The number of thiazole rings is 1. The van der Waals surface area contributed by atoms with Crippen LogP contribution in [0.5, 0.6) is 17.2 Å². The minimum atomic E-state index is -0.791. The van der Waals surface area contributed by atoms with Crippen LogP contribution in [-0.2, 0) is 19.1 Å². The minimum absolute atomic E-state index is 0.212. The van der Waals surface area contributed by atoms with Crippen LogP contribution in [0.2, 0.25) is 0 Å². The van der Waals surface area contributed by atoms with Gasteiger partial charge in [-0.1, -0.05) is 23.5 Å². The smallest absolute Gasteiger partial charge is 0.344 e. The summed E-state index contributed by atoms with van der Waals surface area (Å²) in [6, 6.07) is 9.77. The van der Waals surface area contributed by atoms with E-state index in [9.17, 15) is 14.4 Å². The SMILES string of the molecule is CCOC(=O)COc1ccc(/C=c2\sc3n(c2=O)[C@@H](c2ccc(OCC)c(OCC)c2)C(C(=O)OC)=CN=3)cc1Br. The van der Waals surface area contributed by atoms with Gasteiger partial charge in [0, 0.05) is 6.20 Å². The van der Waals surface area contributed by atoms with Gasteiger partial charge in [0.15, 0.2) is 22.9 Å². The molecule has 0 aliphatic carbocycles. The van der Waals surface area contributed by atoms with Crippen molar-refractivity contribution >= 4 is 45.3 Å². The molecule has 0 bridgehead atoms. The number of rotatable bonds is 11. The number of methoxy groups -OCH3 is 1. The molecule has 10 nitrogen and oxygen atoms in total. The standard InChI is InChI=1S/C29H29BrN2O8S/c1-5-37-22-11-9-18(14-23(22)38-6-2)26-19(28(35)36-4)15-31-29-32(26)27(34)24(41-29)13-17-8-10-21(20(30)12-17)40-16-25(33)39-7-3/h8-15,26H,5-7,16H2,1-4H3/b24-13-/t26-/m0/s1. The van der Waals surface area contributed by atoms with E-state index < -0.39 is 18.0 Å². The molecule has 0 amide bonds. The number of aromatic nitrogens is 1. The molecule has 0 spiro atoms. The Hall–Kier alpha value is -3.90. The molecule has 0 saturated carbocycles. The van der Waals surface area contributed by atoms with Crippen LogP contribution in [0.4, 0.5) is 0 Å². The first-order valence-corrected chi connectivity index (χ1v) is 14.5. The number of hydrogen-bond donors (Lipinski definition) is 0. The Kier molecular flexibility index (Phi) is 10.0. The minimum Gasteiger partial charge on any atom is -0.490 e. The van der Waals surface area contributed by atoms with Crippen molar-refractivity contribution in [1.29, 1.82) is 0 Å². The number of ether oxygens (including phenoxy) is 5. The summed E-state index contributed by atoms with van der Waals surface area (Å²) >= 11 is 4.66. The third-order valence-corrected chi connectivity index (χ3v) is 7.53. The molecule has 4 rings (SSSR count). The molecule has 2 aromatic carbocycles. The molecule has 1 aliphatic rings. The van der Waals surface area contributed by atoms with Crippen LogP contribution in [0.1, 0.15) is 37.9 Å². The van der Waals surface area contributed by atoms with Gasteiger partial charge in [0.25, 0.3) is 5.56 Å². The summed E-state index contributed by atoms with van der Waals surface area (Å²) in [4.78, 5) is 43.0. The summed E-state index contributed by atoms with van der Waals surface area (Å²) in [6.45, 7) is 6.38. The van der Waals surface area contributed by atoms with Gasteiger partial charge in [0.1, 0.15) is 5.75 Å². The Labute approximate surface area is 248 Å². The first kappa shape index (κ1) is 30.1. The summed E-state index contributed by atoms with van der Waals surface area (Å²) in [6.07, 6.45) is 3.17. The molecule has 0 unspecified atom stereocenters. The van der Waals surface area contributed by atoms with Gasteiger partial charge in [-0.15, -0.1) is 0 Å². The fourth-order valence-corrected chi connectivity index (χ4v) is 5.68. The molecule has 3 aromatic rings. The molecule has 1 atom stereocenters. The fourth-order valence-electron chi connectivity index (χ4n) is 4.20. The van der Waals surface area contributed by atoms with Crippen molar-refractivity contribution < 1.29 is 33.3 Å². The molecule has 2 heterocycles. The first-order chi connectivity index (χ1) is 19.8. The third kappa shape index (κ3) is 6.71. The maximum atomic E-state index is 13.8. The summed E-state index contributed by atoms with van der Waals surface area (Å²) in [5, 5.41) is 0. The van der Waals surface area contributed by atoms with Crippen LogP contribution in [0.15, 0.2) is 62.4 Å². The van der Waals surface area contributed by atoms with Crippen molar-refractivity contribution in [3.05, 3.63) is 83.5 Å². The van der Waals surface area contributed by atoms with Crippen LogP contribution in [0.3, 0.4) is 0 Å². The Bertz CT molecular complexity index is 1660. The second-order valence-corrected chi connectivity index (χ2v) is 10.4. The Morgan fingerprint density at radius 2 is 1.73 bits per heavy atom. The molecule has 0 fully saturated rings. The number of carbonyl (C=O) groups excluding carboxylic acids is 2. The maximum absolute atomic E-state index is 13.8. The predicted molar refractivity (Wildman–Crippen MR) is 156 cm³/mol. The van der Waals surface area contributed by atoms with Crippen molar-refractivity contribution in [2.24, 2.45) is 4.99 Å². The van der Waals surface area contributed by atoms with Gasteiger partial charge >= 0.3 is 11.9 Å². The zero-order chi connectivity index (χ0) is 29.5. The van der Waals surface area contributed by atoms with Gasteiger partial charge < -0.3 is 23.7 Å². The summed E-state index contributed by atoms with van der Waals surface area (Å²) < 4.78 is 29.4. The summed E-state index contributed by atoms with van der Waals surface area (Å²) in [7, 11) is 1.28. The van der Waals surface area contributed by atoms with E-state index in [0.717, 1.165) is 0 Å². The van der Waals surface area contributed by atoms with Crippen molar-refractivity contribution in [2.75, 3.05) is 33.5 Å². The number of benzene rings is 2. The lowest BCUT2D eigenvalue weighted by atomic mass is 9.97. The lowest BCUT2D eigenvalue weighted by Crippen LogP contribution is -2.39. The monoisotopic (exact) mass is 644 g/mol. The molecule has 1 aromatic heterocycles. The zero-order valence-electron chi connectivity index (χ0n) is 23.0. The van der Waals surface area contributed by atoms with Gasteiger partial charge in [-0.3, -0.25) is 9.36 Å². The van der Waals surface area contributed by atoms with Gasteiger partial charge in [-0.05, 0) is 78.2 Å². The number of nitrogens with zero attached hydrogens (tertiary/aromatic N) is 2. The van der Waals surface area contributed by atoms with Crippen LogP contribution in [0, 0.1) is 0 Å². The van der Waals surface area contributed by atoms with Gasteiger partial charge in [-0.2, -0.15) is 0 Å². The van der Waals surface area contributed by atoms with E-state index in [1.807, 2.05) is 13.8 Å². The van der Waals surface area contributed by atoms with E-state index in [0.29, 0.717) is 55.4 Å². The highest BCUT2D eigenvalue weighted by atomic mass is 79.9. The van der Waals surface area contributed by atoms with Gasteiger partial charge in [0.2, 0.25) is 0 Å². The van der Waals surface area contributed by atoms with E-state index in [1.54, 1.807) is 49.4 Å². The van der Waals surface area contributed by atoms with Crippen molar-refractivity contribution in [2.45, 2.75) is 26.8 Å². The fraction of sp³-hybridized carbons (Fsp3) is 0.310. The van der Waals surface area contributed by atoms with Crippen LogP contribution in [-0.4, -0.2) is 50.0 Å². The molecule has 0 N–H and O–H groups in total. The Balaban J connectivity index is 1.76. The number of halogens is 1. The van der Waals surface area contributed by atoms with Gasteiger partial charge in [-0.25, -0.2) is 14.6 Å². The van der Waals surface area contributed by atoms with Crippen LogP contribution in [0.25, 0.3) is 6.08 Å². The molecular formula is C29H29BrN2O8S. The maximum Gasteiger partial charge on any atom is 0.344 e. The lowest BCUT2D eigenvalue weighted by Gasteiger charge is -2.23. The predicted octanol–water partition coefficient (Wildman–Crippen LogP) is 3.52. The van der Waals surface area contributed by atoms with Gasteiger partial charge in [0.05, 0.1) is 47.6 Å². The summed E-state index contributed by atoms with van der Waals surface area (Å²) in [5.41, 5.74) is 1.25. The quantitative estimate of drug-likeness (QED) is 0.291. The highest BCUT2D eigenvalue weighted by Gasteiger charge is 2.31. The number of hydrogen-bond acceptors (Lipinski definition) is 10. The molecule has 41 heavy (non-hydrogen) atoms.